The number of allylic oxidation sites excluding steroid dienone is 3. The quantitative estimate of drug-likeness (QED) is 0.497. The Kier molecular flexibility index (Phi) is 3.90. The van der Waals surface area contributed by atoms with Gasteiger partial charge in [-0.1, -0.05) is 18.7 Å². The third kappa shape index (κ3) is 3.67. The molecule has 0 unspecified atom stereocenters. The van der Waals surface area contributed by atoms with Gasteiger partial charge in [0.25, 0.3) is 0 Å². The van der Waals surface area contributed by atoms with E-state index in [1.165, 1.54) is 4.91 Å². The number of thioether (sulfide) groups is 1. The van der Waals surface area contributed by atoms with Gasteiger partial charge in [0.15, 0.2) is 0 Å². The van der Waals surface area contributed by atoms with Gasteiger partial charge in [0, 0.05) is 0 Å². The summed E-state index contributed by atoms with van der Waals surface area (Å²) in [5.74, 6) is 0. The van der Waals surface area contributed by atoms with Crippen LogP contribution in [0.15, 0.2) is 23.6 Å². The van der Waals surface area contributed by atoms with Crippen molar-refractivity contribution in [3.8, 4) is 0 Å². The molecule has 0 rings (SSSR count). The highest BCUT2D eigenvalue weighted by Gasteiger charge is 1.75. The largest absolute Gasteiger partial charge is 0.134 e. The molecule has 0 spiro atoms. The fraction of sp³-hybridized carbons (Fsp3) is 0.333. The average molecular weight is 114 g/mol. The van der Waals surface area contributed by atoms with Gasteiger partial charge in [-0.05, 0) is 18.1 Å². The summed E-state index contributed by atoms with van der Waals surface area (Å²) in [5.41, 5.74) is 0. The standard InChI is InChI=1S/C6H10S/c1-4-5-6(2)7-3/h4-5H,1H2,2-3H3/b6-5+. The van der Waals surface area contributed by atoms with Crippen LogP contribution in [0, 0.1) is 0 Å². The molecule has 0 saturated heterocycles. The number of rotatable bonds is 2. The van der Waals surface area contributed by atoms with Crippen LogP contribution in [0.2, 0.25) is 0 Å². The highest BCUT2D eigenvalue weighted by molar-refractivity contribution is 8.02. The second kappa shape index (κ2) is 4.00. The molecule has 0 aliphatic carbocycles. The van der Waals surface area contributed by atoms with Crippen molar-refractivity contribution < 1.29 is 0 Å². The van der Waals surface area contributed by atoms with Crippen molar-refractivity contribution in [2.75, 3.05) is 6.26 Å². The zero-order valence-electron chi connectivity index (χ0n) is 4.77. The third-order valence-corrected chi connectivity index (χ3v) is 1.45. The molecule has 0 fully saturated rings. The van der Waals surface area contributed by atoms with Crippen molar-refractivity contribution in [2.24, 2.45) is 0 Å². The monoisotopic (exact) mass is 114 g/mol. The number of hydrogen-bond acceptors (Lipinski definition) is 1. The van der Waals surface area contributed by atoms with Gasteiger partial charge in [0.2, 0.25) is 0 Å². The molecule has 0 amide bonds. The minimum Gasteiger partial charge on any atom is -0.134 e. The summed E-state index contributed by atoms with van der Waals surface area (Å²) in [6.07, 6.45) is 5.84. The molecule has 0 aliphatic heterocycles. The van der Waals surface area contributed by atoms with Gasteiger partial charge in [0.1, 0.15) is 0 Å². The molecule has 0 saturated carbocycles. The van der Waals surface area contributed by atoms with E-state index in [9.17, 15) is 0 Å². The Bertz CT molecular complexity index is 82.2. The minimum absolute atomic E-state index is 1.30. The van der Waals surface area contributed by atoms with Gasteiger partial charge in [-0.15, -0.1) is 11.8 Å². The van der Waals surface area contributed by atoms with E-state index >= 15 is 0 Å². The maximum atomic E-state index is 3.56. The SMILES string of the molecule is C=C/C=C(\C)SC. The molecule has 40 valence electrons. The molecule has 0 bridgehead atoms. The summed E-state index contributed by atoms with van der Waals surface area (Å²) in [5, 5.41) is 0. The van der Waals surface area contributed by atoms with Crippen molar-refractivity contribution >= 4 is 11.8 Å². The summed E-state index contributed by atoms with van der Waals surface area (Å²) < 4.78 is 0. The van der Waals surface area contributed by atoms with E-state index in [4.69, 9.17) is 0 Å². The van der Waals surface area contributed by atoms with Crippen LogP contribution in [0.1, 0.15) is 6.92 Å². The Morgan fingerprint density at radius 1 is 1.71 bits per heavy atom. The molecule has 7 heavy (non-hydrogen) atoms. The molecule has 0 aromatic rings. The Balaban J connectivity index is 3.49. The Hall–Kier alpha value is -0.170. The first kappa shape index (κ1) is 6.83. The van der Waals surface area contributed by atoms with Crippen molar-refractivity contribution in [1.29, 1.82) is 0 Å². The molecule has 0 atom stereocenters. The van der Waals surface area contributed by atoms with Crippen LogP contribution in [0.5, 0.6) is 0 Å². The normalized spacial score (nSPS) is 11.4. The average Bonchev–Trinajstić information content (AvgIpc) is 1.68. The highest BCUT2D eigenvalue weighted by Crippen LogP contribution is 2.07. The lowest BCUT2D eigenvalue weighted by molar-refractivity contribution is 1.68. The lowest BCUT2D eigenvalue weighted by Crippen LogP contribution is -1.58. The predicted octanol–water partition coefficient (Wildman–Crippen LogP) is 2.44. The summed E-state index contributed by atoms with van der Waals surface area (Å²) in [6.45, 7) is 5.62. The van der Waals surface area contributed by atoms with Gasteiger partial charge >= 0.3 is 0 Å². The maximum absolute atomic E-state index is 3.56. The molecule has 0 N–H and O–H groups in total. The first-order valence-corrected chi connectivity index (χ1v) is 3.37. The van der Waals surface area contributed by atoms with E-state index in [0.29, 0.717) is 0 Å². The zero-order valence-corrected chi connectivity index (χ0v) is 5.59. The van der Waals surface area contributed by atoms with E-state index in [1.807, 2.05) is 6.08 Å². The Morgan fingerprint density at radius 2 is 2.29 bits per heavy atom. The van der Waals surface area contributed by atoms with E-state index in [2.05, 4.69) is 19.8 Å². The van der Waals surface area contributed by atoms with Gasteiger partial charge in [-0.25, -0.2) is 0 Å². The van der Waals surface area contributed by atoms with Gasteiger partial charge < -0.3 is 0 Å². The van der Waals surface area contributed by atoms with Crippen LogP contribution < -0.4 is 0 Å². The summed E-state index contributed by atoms with van der Waals surface area (Å²) in [6, 6.07) is 0. The Labute approximate surface area is 49.3 Å². The van der Waals surface area contributed by atoms with Crippen LogP contribution in [0.3, 0.4) is 0 Å². The Morgan fingerprint density at radius 3 is 2.43 bits per heavy atom. The van der Waals surface area contributed by atoms with Gasteiger partial charge in [-0.2, -0.15) is 0 Å². The van der Waals surface area contributed by atoms with E-state index in [-0.39, 0.29) is 0 Å². The molecule has 0 radical (unpaired) electrons. The molecular weight excluding hydrogens is 104 g/mol. The third-order valence-electron chi connectivity index (χ3n) is 0.675. The lowest BCUT2D eigenvalue weighted by atomic mass is 10.5. The summed E-state index contributed by atoms with van der Waals surface area (Å²) in [4.78, 5) is 1.30. The molecule has 0 aromatic heterocycles. The van der Waals surface area contributed by atoms with Crippen LogP contribution in [0.25, 0.3) is 0 Å². The number of hydrogen-bond donors (Lipinski definition) is 0. The first-order chi connectivity index (χ1) is 3.31. The van der Waals surface area contributed by atoms with Crippen LogP contribution in [-0.4, -0.2) is 6.26 Å². The van der Waals surface area contributed by atoms with Crippen molar-refractivity contribution in [2.45, 2.75) is 6.92 Å². The topological polar surface area (TPSA) is 0 Å². The summed E-state index contributed by atoms with van der Waals surface area (Å²) in [7, 11) is 0. The molecule has 0 aliphatic rings. The molecular formula is C6H10S. The van der Waals surface area contributed by atoms with Crippen LogP contribution >= 0.6 is 11.8 Å². The molecule has 1 heteroatoms. The molecule has 0 nitrogen and oxygen atoms in total. The van der Waals surface area contributed by atoms with Crippen LogP contribution in [0.4, 0.5) is 0 Å². The molecule has 0 aromatic carbocycles. The second-order valence-corrected chi connectivity index (χ2v) is 2.27. The minimum atomic E-state index is 1.30. The lowest BCUT2D eigenvalue weighted by Gasteiger charge is -1.85. The summed E-state index contributed by atoms with van der Waals surface area (Å²) >= 11 is 1.74. The second-order valence-electron chi connectivity index (χ2n) is 1.22. The fourth-order valence-electron chi connectivity index (χ4n) is 0.234. The van der Waals surface area contributed by atoms with E-state index < -0.39 is 0 Å². The highest BCUT2D eigenvalue weighted by atomic mass is 32.2. The van der Waals surface area contributed by atoms with E-state index in [0.717, 1.165) is 0 Å². The van der Waals surface area contributed by atoms with Crippen molar-refractivity contribution in [1.82, 2.24) is 0 Å². The van der Waals surface area contributed by atoms with Crippen molar-refractivity contribution in [3.63, 3.8) is 0 Å². The zero-order chi connectivity index (χ0) is 5.70. The molecule has 0 heterocycles. The predicted molar refractivity (Wildman–Crippen MR) is 37.5 cm³/mol. The van der Waals surface area contributed by atoms with Crippen molar-refractivity contribution in [3.05, 3.63) is 23.6 Å². The fourth-order valence-corrected chi connectivity index (χ4v) is 0.466. The van der Waals surface area contributed by atoms with Gasteiger partial charge in [-0.3, -0.25) is 0 Å². The first-order valence-electron chi connectivity index (χ1n) is 2.14. The van der Waals surface area contributed by atoms with E-state index in [1.54, 1.807) is 17.8 Å². The smallest absolute Gasteiger partial charge is 0.0140 e. The van der Waals surface area contributed by atoms with Gasteiger partial charge in [0.05, 0.1) is 0 Å². The van der Waals surface area contributed by atoms with Crippen LogP contribution in [-0.2, 0) is 0 Å². The maximum Gasteiger partial charge on any atom is -0.0140 e.